The van der Waals surface area contributed by atoms with Crippen LogP contribution in [0.15, 0.2) is 29.3 Å². The van der Waals surface area contributed by atoms with Crippen molar-refractivity contribution >= 4 is 29.9 Å². The van der Waals surface area contributed by atoms with Gasteiger partial charge in [-0.05, 0) is 43.4 Å². The summed E-state index contributed by atoms with van der Waals surface area (Å²) >= 11 is 0. The van der Waals surface area contributed by atoms with Gasteiger partial charge in [0.05, 0.1) is 19.8 Å². The lowest BCUT2D eigenvalue weighted by molar-refractivity contribution is 0.0420. The smallest absolute Gasteiger partial charge is 0.190 e. The number of aliphatic imine (C=N–C) groups is 1. The van der Waals surface area contributed by atoms with E-state index < -0.39 is 0 Å². The SMILES string of the molecule is CN=C(NCCCOC1CCOC1)NCCCc1cccc(OC)c1.I. The van der Waals surface area contributed by atoms with Gasteiger partial charge < -0.3 is 24.8 Å². The second-order valence-electron chi connectivity index (χ2n) is 6.09. The maximum Gasteiger partial charge on any atom is 0.190 e. The van der Waals surface area contributed by atoms with Crippen LogP contribution in [-0.2, 0) is 15.9 Å². The summed E-state index contributed by atoms with van der Waals surface area (Å²) in [6.45, 7) is 4.06. The molecule has 1 unspecified atom stereocenters. The van der Waals surface area contributed by atoms with Gasteiger partial charge >= 0.3 is 0 Å². The number of benzene rings is 1. The van der Waals surface area contributed by atoms with Crippen LogP contribution < -0.4 is 15.4 Å². The predicted octanol–water partition coefficient (Wildman–Crippen LogP) is 2.61. The van der Waals surface area contributed by atoms with E-state index >= 15 is 0 Å². The molecule has 1 aliphatic heterocycles. The van der Waals surface area contributed by atoms with Crippen LogP contribution in [-0.4, -0.2) is 59.1 Å². The Morgan fingerprint density at radius 2 is 2.08 bits per heavy atom. The molecule has 6 nitrogen and oxygen atoms in total. The van der Waals surface area contributed by atoms with Crippen LogP contribution >= 0.6 is 24.0 Å². The lowest BCUT2D eigenvalue weighted by Gasteiger charge is -2.13. The molecule has 26 heavy (non-hydrogen) atoms. The molecule has 0 amide bonds. The van der Waals surface area contributed by atoms with Crippen LogP contribution in [0.1, 0.15) is 24.8 Å². The van der Waals surface area contributed by atoms with Crippen molar-refractivity contribution in [2.24, 2.45) is 4.99 Å². The first-order valence-corrected chi connectivity index (χ1v) is 9.08. The van der Waals surface area contributed by atoms with Gasteiger partial charge in [0.2, 0.25) is 0 Å². The van der Waals surface area contributed by atoms with Crippen LogP contribution in [0.5, 0.6) is 5.75 Å². The van der Waals surface area contributed by atoms with Gasteiger partial charge in [0, 0.05) is 33.4 Å². The standard InChI is InChI=1S/C19H31N3O3.HI/c1-20-19(22-11-5-12-25-18-9-13-24-15-18)21-10-4-7-16-6-3-8-17(14-16)23-2;/h3,6,8,14,18H,4-5,7,9-13,15H2,1-2H3,(H2,20,21,22);1H. The number of ether oxygens (including phenoxy) is 3. The summed E-state index contributed by atoms with van der Waals surface area (Å²) in [5, 5.41) is 6.67. The maximum absolute atomic E-state index is 5.75. The number of hydrogen-bond acceptors (Lipinski definition) is 4. The maximum atomic E-state index is 5.75. The molecule has 1 aromatic carbocycles. The largest absolute Gasteiger partial charge is 0.497 e. The van der Waals surface area contributed by atoms with Gasteiger partial charge in [0.25, 0.3) is 0 Å². The lowest BCUT2D eigenvalue weighted by Crippen LogP contribution is -2.38. The highest BCUT2D eigenvalue weighted by Crippen LogP contribution is 2.13. The summed E-state index contributed by atoms with van der Waals surface area (Å²) in [5.74, 6) is 1.75. The van der Waals surface area contributed by atoms with E-state index in [0.717, 1.165) is 70.3 Å². The average molecular weight is 477 g/mol. The van der Waals surface area contributed by atoms with Crippen molar-refractivity contribution in [1.29, 1.82) is 0 Å². The Kier molecular flexibility index (Phi) is 12.4. The minimum atomic E-state index is 0. The van der Waals surface area contributed by atoms with Gasteiger partial charge in [-0.1, -0.05) is 12.1 Å². The first kappa shape index (κ1) is 23.0. The normalized spacial score (nSPS) is 16.8. The summed E-state index contributed by atoms with van der Waals surface area (Å²) in [6.07, 6.45) is 4.32. The Hall–Kier alpha value is -1.06. The fourth-order valence-electron chi connectivity index (χ4n) is 2.72. The van der Waals surface area contributed by atoms with Gasteiger partial charge in [-0.25, -0.2) is 0 Å². The van der Waals surface area contributed by atoms with Crippen LogP contribution in [0.25, 0.3) is 0 Å². The summed E-state index contributed by atoms with van der Waals surface area (Å²) in [5.41, 5.74) is 1.29. The molecule has 1 atom stereocenters. The highest BCUT2D eigenvalue weighted by atomic mass is 127. The van der Waals surface area contributed by atoms with Crippen molar-refractivity contribution in [2.75, 3.05) is 47.1 Å². The van der Waals surface area contributed by atoms with Crippen molar-refractivity contribution in [1.82, 2.24) is 10.6 Å². The molecule has 1 heterocycles. The third kappa shape index (κ3) is 9.05. The number of nitrogens with zero attached hydrogens (tertiary/aromatic N) is 1. The molecule has 1 aliphatic rings. The monoisotopic (exact) mass is 477 g/mol. The van der Waals surface area contributed by atoms with Crippen LogP contribution in [0.3, 0.4) is 0 Å². The quantitative estimate of drug-likeness (QED) is 0.235. The first-order valence-electron chi connectivity index (χ1n) is 9.08. The first-order chi connectivity index (χ1) is 12.3. The topological polar surface area (TPSA) is 64.1 Å². The average Bonchev–Trinajstić information content (AvgIpc) is 3.16. The van der Waals surface area contributed by atoms with E-state index in [0.29, 0.717) is 0 Å². The van der Waals surface area contributed by atoms with E-state index in [1.165, 1.54) is 5.56 Å². The predicted molar refractivity (Wildman–Crippen MR) is 116 cm³/mol. The molecule has 0 aliphatic carbocycles. The van der Waals surface area contributed by atoms with Crippen LogP contribution in [0.4, 0.5) is 0 Å². The van der Waals surface area contributed by atoms with Crippen LogP contribution in [0.2, 0.25) is 0 Å². The molecule has 0 aromatic heterocycles. The van der Waals surface area contributed by atoms with E-state index in [9.17, 15) is 0 Å². The Morgan fingerprint density at radius 1 is 1.27 bits per heavy atom. The highest BCUT2D eigenvalue weighted by Gasteiger charge is 2.15. The molecule has 0 radical (unpaired) electrons. The van der Waals surface area contributed by atoms with E-state index in [-0.39, 0.29) is 30.1 Å². The number of aryl methyl sites for hydroxylation is 1. The molecule has 1 saturated heterocycles. The van der Waals surface area contributed by atoms with Gasteiger partial charge in [0.1, 0.15) is 5.75 Å². The number of rotatable bonds is 10. The second-order valence-corrected chi connectivity index (χ2v) is 6.09. The summed E-state index contributed by atoms with van der Waals surface area (Å²) < 4.78 is 16.3. The second kappa shape index (κ2) is 14.1. The molecular formula is C19H32IN3O3. The molecule has 1 aromatic rings. The summed E-state index contributed by atoms with van der Waals surface area (Å²) in [6, 6.07) is 8.21. The number of methoxy groups -OCH3 is 1. The fourth-order valence-corrected chi connectivity index (χ4v) is 2.72. The summed E-state index contributed by atoms with van der Waals surface area (Å²) in [4.78, 5) is 4.25. The zero-order chi connectivity index (χ0) is 17.7. The number of nitrogens with one attached hydrogen (secondary N) is 2. The van der Waals surface area contributed by atoms with Crippen molar-refractivity contribution in [2.45, 2.75) is 31.8 Å². The third-order valence-corrected chi connectivity index (χ3v) is 4.15. The molecule has 148 valence electrons. The Bertz CT molecular complexity index is 523. The molecule has 7 heteroatoms. The summed E-state index contributed by atoms with van der Waals surface area (Å²) in [7, 11) is 3.49. The third-order valence-electron chi connectivity index (χ3n) is 4.15. The van der Waals surface area contributed by atoms with Crippen molar-refractivity contribution in [3.05, 3.63) is 29.8 Å². The minimum absolute atomic E-state index is 0. The molecule has 2 N–H and O–H groups in total. The molecule has 1 fully saturated rings. The number of hydrogen-bond donors (Lipinski definition) is 2. The van der Waals surface area contributed by atoms with Gasteiger partial charge in [-0.2, -0.15) is 0 Å². The Morgan fingerprint density at radius 3 is 2.77 bits per heavy atom. The zero-order valence-electron chi connectivity index (χ0n) is 15.8. The van der Waals surface area contributed by atoms with Crippen molar-refractivity contribution < 1.29 is 14.2 Å². The molecular weight excluding hydrogens is 445 g/mol. The zero-order valence-corrected chi connectivity index (χ0v) is 18.2. The van der Waals surface area contributed by atoms with E-state index in [4.69, 9.17) is 14.2 Å². The van der Waals surface area contributed by atoms with E-state index in [1.807, 2.05) is 12.1 Å². The van der Waals surface area contributed by atoms with Gasteiger partial charge in [-0.15, -0.1) is 24.0 Å². The lowest BCUT2D eigenvalue weighted by atomic mass is 10.1. The van der Waals surface area contributed by atoms with Crippen molar-refractivity contribution in [3.8, 4) is 5.75 Å². The molecule has 0 saturated carbocycles. The van der Waals surface area contributed by atoms with Crippen molar-refractivity contribution in [3.63, 3.8) is 0 Å². The highest BCUT2D eigenvalue weighted by molar-refractivity contribution is 14.0. The van der Waals surface area contributed by atoms with Gasteiger partial charge in [0.15, 0.2) is 5.96 Å². The van der Waals surface area contributed by atoms with E-state index in [2.05, 4.69) is 27.8 Å². The van der Waals surface area contributed by atoms with Gasteiger partial charge in [-0.3, -0.25) is 4.99 Å². The molecule has 0 spiro atoms. The number of halogens is 1. The number of guanidine groups is 1. The molecule has 0 bridgehead atoms. The Balaban J connectivity index is 0.00000338. The van der Waals surface area contributed by atoms with Crippen LogP contribution in [0, 0.1) is 0 Å². The minimum Gasteiger partial charge on any atom is -0.497 e. The molecule has 2 rings (SSSR count). The van der Waals surface area contributed by atoms with E-state index in [1.54, 1.807) is 14.2 Å². The fraction of sp³-hybridized carbons (Fsp3) is 0.632. The Labute approximate surface area is 174 Å².